The Hall–Kier alpha value is -4.33. The van der Waals surface area contributed by atoms with Crippen molar-refractivity contribution in [1.29, 1.82) is 0 Å². The number of phenols is 1. The molecule has 248 valence electrons. The summed E-state index contributed by atoms with van der Waals surface area (Å²) in [4.78, 5) is 44.0. The molecule has 8 nitrogen and oxygen atoms in total. The second kappa shape index (κ2) is 16.3. The van der Waals surface area contributed by atoms with Gasteiger partial charge in [-0.25, -0.2) is 4.79 Å². The summed E-state index contributed by atoms with van der Waals surface area (Å²) in [7, 11) is 0. The second-order valence-corrected chi connectivity index (χ2v) is 13.6. The maximum atomic E-state index is 14.9. The van der Waals surface area contributed by atoms with Crippen LogP contribution in [0.5, 0.6) is 5.75 Å². The van der Waals surface area contributed by atoms with Crippen LogP contribution in [-0.4, -0.2) is 45.6 Å². The van der Waals surface area contributed by atoms with Crippen molar-refractivity contribution in [2.75, 3.05) is 0 Å². The Morgan fingerprint density at radius 1 is 0.870 bits per heavy atom. The molecule has 3 aromatic rings. The quantitative estimate of drug-likeness (QED) is 0.186. The van der Waals surface area contributed by atoms with E-state index in [0.29, 0.717) is 18.9 Å². The number of hydrogen-bond acceptors (Lipinski definition) is 5. The Labute approximate surface area is 274 Å². The SMILES string of the molecule is Cc1ccc(C(C(=O)NCc2ccccc2)N(C(=O)C(Cc2ccc(O)cc2)NC(=O)OC(C)(C)C)C(C)CCC(C)C)c(C)c1. The van der Waals surface area contributed by atoms with Crippen molar-refractivity contribution in [3.8, 4) is 5.75 Å². The predicted molar refractivity (Wildman–Crippen MR) is 182 cm³/mol. The van der Waals surface area contributed by atoms with Crippen molar-refractivity contribution in [2.45, 2.75) is 105 Å². The zero-order chi connectivity index (χ0) is 34.0. The number of aromatic hydroxyl groups is 1. The van der Waals surface area contributed by atoms with Gasteiger partial charge in [-0.1, -0.05) is 80.1 Å². The van der Waals surface area contributed by atoms with E-state index in [-0.39, 0.29) is 24.1 Å². The highest BCUT2D eigenvalue weighted by Crippen LogP contribution is 2.31. The zero-order valence-electron chi connectivity index (χ0n) is 28.6. The lowest BCUT2D eigenvalue weighted by molar-refractivity contribution is -0.145. The highest BCUT2D eigenvalue weighted by molar-refractivity contribution is 5.92. The summed E-state index contributed by atoms with van der Waals surface area (Å²) in [6.07, 6.45) is 0.917. The van der Waals surface area contributed by atoms with E-state index in [1.165, 1.54) is 0 Å². The Morgan fingerprint density at radius 3 is 2.11 bits per heavy atom. The van der Waals surface area contributed by atoms with E-state index in [0.717, 1.165) is 34.2 Å². The fourth-order valence-corrected chi connectivity index (χ4v) is 5.44. The van der Waals surface area contributed by atoms with Crippen LogP contribution in [0.4, 0.5) is 4.79 Å². The lowest BCUT2D eigenvalue weighted by Crippen LogP contribution is -2.56. The van der Waals surface area contributed by atoms with E-state index in [4.69, 9.17) is 4.74 Å². The maximum absolute atomic E-state index is 14.9. The van der Waals surface area contributed by atoms with Gasteiger partial charge in [-0.05, 0) is 94.7 Å². The number of amides is 3. The first kappa shape index (κ1) is 36.1. The van der Waals surface area contributed by atoms with Crippen LogP contribution in [0, 0.1) is 19.8 Å². The minimum Gasteiger partial charge on any atom is -0.508 e. The lowest BCUT2D eigenvalue weighted by Gasteiger charge is -2.39. The number of benzene rings is 3. The maximum Gasteiger partial charge on any atom is 0.408 e. The van der Waals surface area contributed by atoms with E-state index < -0.39 is 29.7 Å². The van der Waals surface area contributed by atoms with E-state index in [2.05, 4.69) is 24.5 Å². The van der Waals surface area contributed by atoms with Gasteiger partial charge in [0.25, 0.3) is 0 Å². The molecule has 3 rings (SSSR count). The highest BCUT2D eigenvalue weighted by atomic mass is 16.6. The third-order valence-corrected chi connectivity index (χ3v) is 7.81. The van der Waals surface area contributed by atoms with Crippen molar-refractivity contribution in [1.82, 2.24) is 15.5 Å². The molecule has 0 fully saturated rings. The Balaban J connectivity index is 2.13. The summed E-state index contributed by atoms with van der Waals surface area (Å²) in [6.45, 7) is 15.8. The predicted octanol–water partition coefficient (Wildman–Crippen LogP) is 7.16. The van der Waals surface area contributed by atoms with Gasteiger partial charge in [0.15, 0.2) is 0 Å². The monoisotopic (exact) mass is 629 g/mol. The third-order valence-electron chi connectivity index (χ3n) is 7.81. The van der Waals surface area contributed by atoms with E-state index in [9.17, 15) is 19.5 Å². The van der Waals surface area contributed by atoms with E-state index in [1.807, 2.05) is 69.3 Å². The van der Waals surface area contributed by atoms with Crippen LogP contribution in [0.2, 0.25) is 0 Å². The molecule has 0 saturated heterocycles. The van der Waals surface area contributed by atoms with Gasteiger partial charge < -0.3 is 25.4 Å². The number of carbonyl (C=O) groups excluding carboxylic acids is 3. The molecule has 8 heteroatoms. The number of aryl methyl sites for hydroxylation is 2. The van der Waals surface area contributed by atoms with Gasteiger partial charge in [-0.3, -0.25) is 9.59 Å². The van der Waals surface area contributed by atoms with Crippen LogP contribution in [0.3, 0.4) is 0 Å². The minimum atomic E-state index is -1.05. The molecule has 0 heterocycles. The van der Waals surface area contributed by atoms with Gasteiger partial charge >= 0.3 is 6.09 Å². The number of nitrogens with one attached hydrogen (secondary N) is 2. The molecule has 3 atom stereocenters. The number of carbonyl (C=O) groups is 3. The summed E-state index contributed by atoms with van der Waals surface area (Å²) in [5.74, 6) is -0.213. The molecule has 3 aromatic carbocycles. The van der Waals surface area contributed by atoms with Crippen LogP contribution in [-0.2, 0) is 27.3 Å². The molecule has 3 N–H and O–H groups in total. The first-order valence-electron chi connectivity index (χ1n) is 16.1. The topological polar surface area (TPSA) is 108 Å². The fourth-order valence-electron chi connectivity index (χ4n) is 5.44. The Kier molecular flexibility index (Phi) is 12.8. The molecule has 0 aliphatic rings. The van der Waals surface area contributed by atoms with Crippen LogP contribution >= 0.6 is 0 Å². The van der Waals surface area contributed by atoms with Gasteiger partial charge in [0.1, 0.15) is 23.4 Å². The minimum absolute atomic E-state index is 0.0978. The number of hydrogen-bond donors (Lipinski definition) is 3. The average molecular weight is 630 g/mol. The van der Waals surface area contributed by atoms with E-state index >= 15 is 0 Å². The first-order valence-corrected chi connectivity index (χ1v) is 16.1. The van der Waals surface area contributed by atoms with Crippen molar-refractivity contribution in [3.05, 3.63) is 101 Å². The Bertz CT molecular complexity index is 1450. The molecule has 3 amide bonds. The summed E-state index contributed by atoms with van der Waals surface area (Å²) >= 11 is 0. The summed E-state index contributed by atoms with van der Waals surface area (Å²) in [5, 5.41) is 15.8. The highest BCUT2D eigenvalue weighted by Gasteiger charge is 2.39. The largest absolute Gasteiger partial charge is 0.508 e. The lowest BCUT2D eigenvalue weighted by atomic mass is 9.93. The number of ether oxygens (including phenoxy) is 1. The van der Waals surface area contributed by atoms with Crippen molar-refractivity contribution in [3.63, 3.8) is 0 Å². The summed E-state index contributed by atoms with van der Waals surface area (Å²) in [5.41, 5.74) is 3.56. The molecule has 0 spiro atoms. The molecule has 0 bridgehead atoms. The molecule has 3 unspecified atom stereocenters. The number of nitrogens with zero attached hydrogens (tertiary/aromatic N) is 1. The summed E-state index contributed by atoms with van der Waals surface area (Å²) in [6, 6.07) is 19.7. The molecular weight excluding hydrogens is 578 g/mol. The average Bonchev–Trinajstić information content (AvgIpc) is 2.98. The zero-order valence-corrected chi connectivity index (χ0v) is 28.6. The molecule has 46 heavy (non-hydrogen) atoms. The normalized spacial score (nSPS) is 13.4. The van der Waals surface area contributed by atoms with Gasteiger partial charge in [0, 0.05) is 19.0 Å². The van der Waals surface area contributed by atoms with Crippen molar-refractivity contribution >= 4 is 17.9 Å². The smallest absolute Gasteiger partial charge is 0.408 e. The number of rotatable bonds is 13. The molecule has 0 radical (unpaired) electrons. The molecule has 0 aliphatic heterocycles. The fraction of sp³-hybridized carbons (Fsp3) is 0.447. The summed E-state index contributed by atoms with van der Waals surface area (Å²) < 4.78 is 5.57. The van der Waals surface area contributed by atoms with Crippen LogP contribution in [0.15, 0.2) is 72.8 Å². The van der Waals surface area contributed by atoms with Gasteiger partial charge in [0.2, 0.25) is 11.8 Å². The van der Waals surface area contributed by atoms with Crippen LogP contribution in [0.25, 0.3) is 0 Å². The van der Waals surface area contributed by atoms with E-state index in [1.54, 1.807) is 49.9 Å². The molecule has 0 aliphatic carbocycles. The number of phenolic OH excluding ortho intramolecular Hbond substituents is 1. The van der Waals surface area contributed by atoms with Crippen LogP contribution < -0.4 is 10.6 Å². The second-order valence-electron chi connectivity index (χ2n) is 13.6. The van der Waals surface area contributed by atoms with Crippen LogP contribution in [0.1, 0.15) is 88.2 Å². The van der Waals surface area contributed by atoms with Gasteiger partial charge in [0.05, 0.1) is 0 Å². The third kappa shape index (κ3) is 10.9. The van der Waals surface area contributed by atoms with Crippen molar-refractivity contribution in [2.24, 2.45) is 5.92 Å². The molecule has 0 aromatic heterocycles. The van der Waals surface area contributed by atoms with Gasteiger partial charge in [-0.2, -0.15) is 0 Å². The standard InChI is InChI=1S/C38H51N3O5/c1-25(2)14-16-28(5)41(36(44)33(40-37(45)46-38(6,7)8)23-29-17-19-31(42)20-18-29)34(32-21-15-26(3)22-27(32)4)35(43)39-24-30-12-10-9-11-13-30/h9-13,15,17-22,25,28,33-34,42H,14,16,23-24H2,1-8H3,(H,39,43)(H,40,45). The van der Waals surface area contributed by atoms with Crippen molar-refractivity contribution < 1.29 is 24.2 Å². The number of alkyl carbamates (subject to hydrolysis) is 1. The van der Waals surface area contributed by atoms with Gasteiger partial charge in [-0.15, -0.1) is 0 Å². The molecular formula is C38H51N3O5. The Morgan fingerprint density at radius 2 is 1.52 bits per heavy atom. The first-order chi connectivity index (χ1) is 21.6. The molecule has 0 saturated carbocycles.